The Balaban J connectivity index is 1.45. The maximum Gasteiger partial charge on any atom is 0.239 e. The van der Waals surface area contributed by atoms with E-state index < -0.39 is 0 Å². The van der Waals surface area contributed by atoms with Crippen LogP contribution in [-0.2, 0) is 16.0 Å². The summed E-state index contributed by atoms with van der Waals surface area (Å²) in [5, 5.41) is 7.60. The number of nitrogens with one attached hydrogen (secondary N) is 1. The van der Waals surface area contributed by atoms with Crippen molar-refractivity contribution in [2.24, 2.45) is 5.16 Å². The number of rotatable bonds is 3. The molecule has 1 saturated heterocycles. The molecule has 0 bridgehead atoms. The largest absolute Gasteiger partial charge is 0.477 e. The van der Waals surface area contributed by atoms with Crippen LogP contribution >= 0.6 is 11.8 Å². The topological polar surface area (TPSA) is 42.9 Å². The second-order valence-electron chi connectivity index (χ2n) is 5.12. The van der Waals surface area contributed by atoms with Gasteiger partial charge in [-0.2, -0.15) is 11.8 Å². The molecule has 5 heteroatoms. The number of nitrogens with zero attached hydrogens (tertiary/aromatic N) is 1. The van der Waals surface area contributed by atoms with Gasteiger partial charge in [0.15, 0.2) is 5.72 Å². The van der Waals surface area contributed by atoms with Crippen LogP contribution in [0.5, 0.6) is 0 Å². The second kappa shape index (κ2) is 6.50. The van der Waals surface area contributed by atoms with Gasteiger partial charge < -0.3 is 9.57 Å². The molecule has 2 heterocycles. The zero-order valence-corrected chi connectivity index (χ0v) is 12.3. The molecule has 1 spiro atoms. The Hall–Kier alpha value is -1.20. The maximum absolute atomic E-state index is 5.68. The van der Waals surface area contributed by atoms with Crippen LogP contribution in [0.3, 0.4) is 0 Å². The van der Waals surface area contributed by atoms with Gasteiger partial charge in [0.1, 0.15) is 0 Å². The van der Waals surface area contributed by atoms with Gasteiger partial charge >= 0.3 is 0 Å². The monoisotopic (exact) mass is 292 g/mol. The third-order valence-electron chi connectivity index (χ3n) is 3.69. The molecule has 0 aromatic heterocycles. The van der Waals surface area contributed by atoms with E-state index in [2.05, 4.69) is 22.6 Å². The van der Waals surface area contributed by atoms with Crippen LogP contribution in [0.25, 0.3) is 0 Å². The SMILES string of the molecule is c1ccc(CCOC2=NOC3(CCSCC3)NC2)cc1. The summed E-state index contributed by atoms with van der Waals surface area (Å²) in [5.41, 5.74) is 1.04. The minimum atomic E-state index is -0.239. The highest BCUT2D eigenvalue weighted by Crippen LogP contribution is 2.29. The highest BCUT2D eigenvalue weighted by atomic mass is 32.2. The van der Waals surface area contributed by atoms with Gasteiger partial charge in [-0.1, -0.05) is 30.3 Å². The molecule has 0 atom stereocenters. The molecular weight excluding hydrogens is 272 g/mol. The standard InChI is InChI=1S/C15H20N2O2S/c1-2-4-13(5-3-1)6-9-18-14-12-16-15(19-17-14)7-10-20-11-8-15/h1-5,16H,6-12H2. The number of hydrogen-bond acceptors (Lipinski definition) is 5. The predicted molar refractivity (Wildman–Crippen MR) is 81.9 cm³/mol. The van der Waals surface area contributed by atoms with Gasteiger partial charge in [-0.05, 0) is 22.2 Å². The van der Waals surface area contributed by atoms with Crippen molar-refractivity contribution in [3.05, 3.63) is 35.9 Å². The smallest absolute Gasteiger partial charge is 0.239 e. The lowest BCUT2D eigenvalue weighted by atomic mass is 10.1. The van der Waals surface area contributed by atoms with E-state index in [1.807, 2.05) is 30.0 Å². The summed E-state index contributed by atoms with van der Waals surface area (Å²) in [6.45, 7) is 1.30. The van der Waals surface area contributed by atoms with Crippen LogP contribution in [-0.4, -0.2) is 36.3 Å². The fourth-order valence-corrected chi connectivity index (χ4v) is 3.57. The molecule has 0 saturated carbocycles. The lowest BCUT2D eigenvalue weighted by Crippen LogP contribution is -2.54. The summed E-state index contributed by atoms with van der Waals surface area (Å²) in [6, 6.07) is 10.3. The van der Waals surface area contributed by atoms with E-state index in [0.717, 1.165) is 30.8 Å². The van der Waals surface area contributed by atoms with Crippen molar-refractivity contribution in [1.29, 1.82) is 0 Å². The predicted octanol–water partition coefficient (Wildman–Crippen LogP) is 2.40. The van der Waals surface area contributed by atoms with E-state index in [1.165, 1.54) is 5.56 Å². The van der Waals surface area contributed by atoms with Crippen molar-refractivity contribution in [3.8, 4) is 0 Å². The van der Waals surface area contributed by atoms with Crippen molar-refractivity contribution < 1.29 is 9.57 Å². The third-order valence-corrected chi connectivity index (χ3v) is 4.67. The van der Waals surface area contributed by atoms with Crippen LogP contribution in [0, 0.1) is 0 Å². The zero-order valence-electron chi connectivity index (χ0n) is 11.5. The lowest BCUT2D eigenvalue weighted by Gasteiger charge is -2.37. The molecule has 0 aliphatic carbocycles. The summed E-state index contributed by atoms with van der Waals surface area (Å²) < 4.78 is 5.68. The number of oxime groups is 1. The van der Waals surface area contributed by atoms with Crippen LogP contribution in [0.15, 0.2) is 35.5 Å². The molecule has 2 aliphatic heterocycles. The van der Waals surface area contributed by atoms with Crippen molar-refractivity contribution in [1.82, 2.24) is 5.32 Å². The molecule has 108 valence electrons. The number of hydrogen-bond donors (Lipinski definition) is 1. The summed E-state index contributed by atoms with van der Waals surface area (Å²) in [4.78, 5) is 5.66. The van der Waals surface area contributed by atoms with Gasteiger partial charge in [0, 0.05) is 19.3 Å². The minimum absolute atomic E-state index is 0.239. The van der Waals surface area contributed by atoms with E-state index in [4.69, 9.17) is 9.57 Å². The van der Waals surface area contributed by atoms with Crippen molar-refractivity contribution in [3.63, 3.8) is 0 Å². The van der Waals surface area contributed by atoms with Gasteiger partial charge in [-0.15, -0.1) is 0 Å². The molecule has 1 aromatic rings. The Kier molecular flexibility index (Phi) is 4.47. The van der Waals surface area contributed by atoms with E-state index in [1.54, 1.807) is 0 Å². The number of ether oxygens (including phenoxy) is 1. The fourth-order valence-electron chi connectivity index (χ4n) is 2.42. The molecule has 1 N–H and O–H groups in total. The van der Waals surface area contributed by atoms with Crippen LogP contribution in [0.4, 0.5) is 0 Å². The van der Waals surface area contributed by atoms with Gasteiger partial charge in [0.05, 0.1) is 13.2 Å². The Morgan fingerprint density at radius 3 is 2.75 bits per heavy atom. The van der Waals surface area contributed by atoms with Crippen molar-refractivity contribution in [2.45, 2.75) is 25.0 Å². The van der Waals surface area contributed by atoms with Crippen molar-refractivity contribution in [2.75, 3.05) is 24.7 Å². The molecule has 20 heavy (non-hydrogen) atoms. The molecule has 1 fully saturated rings. The number of benzene rings is 1. The van der Waals surface area contributed by atoms with Gasteiger partial charge in [0.2, 0.25) is 5.90 Å². The molecule has 1 aromatic carbocycles. The van der Waals surface area contributed by atoms with Gasteiger partial charge in [-0.25, -0.2) is 0 Å². The summed E-state index contributed by atoms with van der Waals surface area (Å²) in [6.07, 6.45) is 2.92. The van der Waals surface area contributed by atoms with Gasteiger partial charge in [-0.3, -0.25) is 5.32 Å². The fraction of sp³-hybridized carbons (Fsp3) is 0.533. The van der Waals surface area contributed by atoms with E-state index >= 15 is 0 Å². The normalized spacial score (nSPS) is 21.1. The molecule has 0 unspecified atom stereocenters. The highest BCUT2D eigenvalue weighted by molar-refractivity contribution is 7.99. The Morgan fingerprint density at radius 1 is 1.25 bits per heavy atom. The van der Waals surface area contributed by atoms with Crippen LogP contribution < -0.4 is 5.32 Å². The summed E-state index contributed by atoms with van der Waals surface area (Å²) >= 11 is 1.98. The zero-order chi connectivity index (χ0) is 13.7. The highest BCUT2D eigenvalue weighted by Gasteiger charge is 2.37. The van der Waals surface area contributed by atoms with E-state index in [0.29, 0.717) is 19.0 Å². The first kappa shape index (κ1) is 13.8. The maximum atomic E-state index is 5.68. The molecular formula is C15H20N2O2S. The molecule has 0 radical (unpaired) electrons. The quantitative estimate of drug-likeness (QED) is 0.929. The first-order valence-electron chi connectivity index (χ1n) is 7.11. The minimum Gasteiger partial charge on any atom is -0.477 e. The van der Waals surface area contributed by atoms with Crippen molar-refractivity contribution >= 4 is 17.7 Å². The third kappa shape index (κ3) is 3.46. The summed E-state index contributed by atoms with van der Waals surface area (Å²) in [5.74, 6) is 2.92. The Bertz CT molecular complexity index is 458. The average molecular weight is 292 g/mol. The first-order valence-corrected chi connectivity index (χ1v) is 8.26. The molecule has 0 amide bonds. The molecule has 4 nitrogen and oxygen atoms in total. The molecule has 2 aliphatic rings. The average Bonchev–Trinajstić information content (AvgIpc) is 2.52. The van der Waals surface area contributed by atoms with E-state index in [-0.39, 0.29) is 5.72 Å². The first-order chi connectivity index (χ1) is 9.86. The van der Waals surface area contributed by atoms with Crippen LogP contribution in [0.2, 0.25) is 0 Å². The number of thioether (sulfide) groups is 1. The van der Waals surface area contributed by atoms with Crippen LogP contribution in [0.1, 0.15) is 18.4 Å². The molecule has 3 rings (SSSR count). The van der Waals surface area contributed by atoms with Gasteiger partial charge in [0.25, 0.3) is 0 Å². The second-order valence-corrected chi connectivity index (χ2v) is 6.35. The summed E-state index contributed by atoms with van der Waals surface area (Å²) in [7, 11) is 0. The Morgan fingerprint density at radius 2 is 2.05 bits per heavy atom. The lowest BCUT2D eigenvalue weighted by molar-refractivity contribution is -0.0868. The van der Waals surface area contributed by atoms with E-state index in [9.17, 15) is 0 Å². The Labute approximate surface area is 123 Å².